The molecule has 0 fully saturated rings. The molecule has 2 amide bonds. The van der Waals surface area contributed by atoms with Crippen LogP contribution >= 0.6 is 0 Å². The molecule has 0 aromatic heterocycles. The van der Waals surface area contributed by atoms with Crippen molar-refractivity contribution in [3.05, 3.63) is 95.8 Å². The number of carbonyl (C=O) groups is 2. The van der Waals surface area contributed by atoms with Crippen LogP contribution in [0.15, 0.2) is 83.8 Å². The molecule has 0 aliphatic heterocycles. The molecule has 3 rings (SSSR count). The smallest absolute Gasteiger partial charge is 0.264 e. The first kappa shape index (κ1) is 27.9. The lowest BCUT2D eigenvalue weighted by Gasteiger charge is -2.31. The second-order valence-electron chi connectivity index (χ2n) is 9.01. The van der Waals surface area contributed by atoms with E-state index in [1.165, 1.54) is 48.3 Å². The van der Waals surface area contributed by atoms with Crippen LogP contribution in [0, 0.1) is 5.82 Å². The molecule has 9 heteroatoms. The monoisotopic (exact) mass is 525 g/mol. The molecule has 0 heterocycles. The Morgan fingerprint density at radius 2 is 1.49 bits per heavy atom. The number of hydrogen-bond acceptors (Lipinski definition) is 4. The first-order valence-electron chi connectivity index (χ1n) is 12.0. The SMILES string of the molecule is CNC(=O)[C@@H](C)N(Cc1ccc(F)cc1)C(=O)CN(c1ccc(C(C)C)cc1)S(=O)(=O)c1ccccc1. The van der Waals surface area contributed by atoms with Gasteiger partial charge in [-0.3, -0.25) is 13.9 Å². The van der Waals surface area contributed by atoms with Gasteiger partial charge in [0.25, 0.3) is 10.0 Å². The second kappa shape index (κ2) is 12.0. The number of benzene rings is 3. The Hall–Kier alpha value is -3.72. The van der Waals surface area contributed by atoms with Gasteiger partial charge in [0.1, 0.15) is 18.4 Å². The summed E-state index contributed by atoms with van der Waals surface area (Å²) in [5, 5.41) is 2.53. The van der Waals surface area contributed by atoms with Gasteiger partial charge in [0.05, 0.1) is 10.6 Å². The van der Waals surface area contributed by atoms with Crippen molar-refractivity contribution in [2.24, 2.45) is 0 Å². The molecule has 0 spiro atoms. The van der Waals surface area contributed by atoms with Crippen LogP contribution in [-0.2, 0) is 26.2 Å². The van der Waals surface area contributed by atoms with E-state index in [-0.39, 0.29) is 17.4 Å². The Labute approximate surface area is 218 Å². The van der Waals surface area contributed by atoms with E-state index in [1.807, 2.05) is 26.0 Å². The third-order valence-corrected chi connectivity index (χ3v) is 7.93. The molecule has 0 radical (unpaired) electrons. The average molecular weight is 526 g/mol. The molecule has 1 N–H and O–H groups in total. The minimum atomic E-state index is -4.11. The fourth-order valence-corrected chi connectivity index (χ4v) is 5.29. The molecule has 3 aromatic carbocycles. The number of rotatable bonds is 10. The number of carbonyl (C=O) groups excluding carboxylic acids is 2. The van der Waals surface area contributed by atoms with Gasteiger partial charge in [-0.1, -0.05) is 56.3 Å². The highest BCUT2D eigenvalue weighted by Crippen LogP contribution is 2.26. The summed E-state index contributed by atoms with van der Waals surface area (Å²) in [4.78, 5) is 27.5. The van der Waals surface area contributed by atoms with Crippen molar-refractivity contribution in [2.75, 3.05) is 17.9 Å². The topological polar surface area (TPSA) is 86.8 Å². The Morgan fingerprint density at radius 1 is 0.892 bits per heavy atom. The number of amides is 2. The van der Waals surface area contributed by atoms with Gasteiger partial charge >= 0.3 is 0 Å². The van der Waals surface area contributed by atoms with Crippen LogP contribution < -0.4 is 9.62 Å². The number of nitrogens with zero attached hydrogens (tertiary/aromatic N) is 2. The standard InChI is InChI=1S/C28H32FN3O4S/c1-20(2)23-12-16-25(17-13-23)32(37(35,36)26-8-6-5-7-9-26)19-27(33)31(21(3)28(34)30-4)18-22-10-14-24(29)15-11-22/h5-17,20-21H,18-19H2,1-4H3,(H,30,34)/t21-/m1/s1. The maximum atomic E-state index is 13.7. The molecule has 0 bridgehead atoms. The van der Waals surface area contributed by atoms with E-state index in [4.69, 9.17) is 0 Å². The van der Waals surface area contributed by atoms with Crippen molar-refractivity contribution >= 4 is 27.5 Å². The Morgan fingerprint density at radius 3 is 2.03 bits per heavy atom. The first-order chi connectivity index (χ1) is 17.5. The van der Waals surface area contributed by atoms with Crippen LogP contribution in [0.2, 0.25) is 0 Å². The summed E-state index contributed by atoms with van der Waals surface area (Å²) in [5.74, 6) is -1.16. The maximum Gasteiger partial charge on any atom is 0.264 e. The minimum absolute atomic E-state index is 0.000782. The van der Waals surface area contributed by atoms with Gasteiger partial charge in [-0.05, 0) is 60.4 Å². The second-order valence-corrected chi connectivity index (χ2v) is 10.9. The van der Waals surface area contributed by atoms with Crippen LogP contribution in [0.4, 0.5) is 10.1 Å². The molecular formula is C28H32FN3O4S. The Balaban J connectivity index is 2.02. The van der Waals surface area contributed by atoms with Gasteiger partial charge in [0.15, 0.2) is 0 Å². The van der Waals surface area contributed by atoms with Crippen LogP contribution in [0.1, 0.15) is 37.8 Å². The van der Waals surface area contributed by atoms with Crippen LogP contribution in [-0.4, -0.2) is 44.8 Å². The van der Waals surface area contributed by atoms with E-state index < -0.39 is 40.2 Å². The lowest BCUT2D eigenvalue weighted by Crippen LogP contribution is -2.50. The number of sulfonamides is 1. The van der Waals surface area contributed by atoms with Crippen molar-refractivity contribution in [2.45, 2.75) is 44.2 Å². The average Bonchev–Trinajstić information content (AvgIpc) is 2.90. The highest BCUT2D eigenvalue weighted by molar-refractivity contribution is 7.92. The fourth-order valence-electron chi connectivity index (χ4n) is 3.85. The number of hydrogen-bond donors (Lipinski definition) is 1. The number of halogens is 1. The molecule has 0 aliphatic carbocycles. The summed E-state index contributed by atoms with van der Waals surface area (Å²) >= 11 is 0. The molecule has 37 heavy (non-hydrogen) atoms. The molecule has 7 nitrogen and oxygen atoms in total. The van der Waals surface area contributed by atoms with E-state index in [9.17, 15) is 22.4 Å². The highest BCUT2D eigenvalue weighted by Gasteiger charge is 2.32. The van der Waals surface area contributed by atoms with Crippen molar-refractivity contribution in [1.82, 2.24) is 10.2 Å². The summed E-state index contributed by atoms with van der Waals surface area (Å²) in [6, 6.07) is 19.6. The van der Waals surface area contributed by atoms with Crippen LogP contribution in [0.5, 0.6) is 0 Å². The van der Waals surface area contributed by atoms with Gasteiger partial charge in [0, 0.05) is 13.6 Å². The van der Waals surface area contributed by atoms with Gasteiger partial charge in [-0.2, -0.15) is 0 Å². The molecule has 0 saturated carbocycles. The predicted octanol–water partition coefficient (Wildman–Crippen LogP) is 4.31. The zero-order chi connectivity index (χ0) is 27.2. The zero-order valence-electron chi connectivity index (χ0n) is 21.4. The van der Waals surface area contributed by atoms with Crippen molar-refractivity contribution in [1.29, 1.82) is 0 Å². The summed E-state index contributed by atoms with van der Waals surface area (Å²) in [5.41, 5.74) is 1.96. The van der Waals surface area contributed by atoms with Crippen molar-refractivity contribution in [3.63, 3.8) is 0 Å². The van der Waals surface area contributed by atoms with Gasteiger partial charge in [-0.15, -0.1) is 0 Å². The number of likely N-dealkylation sites (N-methyl/N-ethyl adjacent to an activating group) is 1. The van der Waals surface area contributed by atoms with Gasteiger partial charge in [0.2, 0.25) is 11.8 Å². The van der Waals surface area contributed by atoms with Gasteiger partial charge in [-0.25, -0.2) is 12.8 Å². The normalized spacial score (nSPS) is 12.2. The van der Waals surface area contributed by atoms with E-state index in [0.717, 1.165) is 9.87 Å². The number of nitrogens with one attached hydrogen (secondary N) is 1. The van der Waals surface area contributed by atoms with E-state index in [2.05, 4.69) is 5.32 Å². The zero-order valence-corrected chi connectivity index (χ0v) is 22.2. The molecule has 0 unspecified atom stereocenters. The van der Waals surface area contributed by atoms with Gasteiger partial charge < -0.3 is 10.2 Å². The first-order valence-corrected chi connectivity index (χ1v) is 13.4. The Kier molecular flexibility index (Phi) is 9.04. The fraction of sp³-hybridized carbons (Fsp3) is 0.286. The van der Waals surface area contributed by atoms with Crippen molar-refractivity contribution in [3.8, 4) is 0 Å². The van der Waals surface area contributed by atoms with E-state index in [0.29, 0.717) is 11.3 Å². The van der Waals surface area contributed by atoms with Crippen LogP contribution in [0.25, 0.3) is 0 Å². The van der Waals surface area contributed by atoms with E-state index >= 15 is 0 Å². The molecule has 3 aromatic rings. The van der Waals surface area contributed by atoms with Crippen molar-refractivity contribution < 1.29 is 22.4 Å². The summed E-state index contributed by atoms with van der Waals surface area (Å²) in [7, 11) is -2.65. The lowest BCUT2D eigenvalue weighted by atomic mass is 10.0. The lowest BCUT2D eigenvalue weighted by molar-refractivity contribution is -0.139. The Bertz CT molecular complexity index is 1310. The van der Waals surface area contributed by atoms with Crippen LogP contribution in [0.3, 0.4) is 0 Å². The largest absolute Gasteiger partial charge is 0.357 e. The minimum Gasteiger partial charge on any atom is -0.357 e. The molecule has 1 atom stereocenters. The molecular weight excluding hydrogens is 493 g/mol. The third-order valence-electron chi connectivity index (χ3n) is 6.14. The predicted molar refractivity (Wildman–Crippen MR) is 142 cm³/mol. The molecule has 0 aliphatic rings. The summed E-state index contributed by atoms with van der Waals surface area (Å²) < 4.78 is 41.9. The number of anilines is 1. The quantitative estimate of drug-likeness (QED) is 0.428. The highest BCUT2D eigenvalue weighted by atomic mass is 32.2. The summed E-state index contributed by atoms with van der Waals surface area (Å²) in [6.07, 6.45) is 0. The third kappa shape index (κ3) is 6.74. The molecule has 0 saturated heterocycles. The maximum absolute atomic E-state index is 13.7. The summed E-state index contributed by atoms with van der Waals surface area (Å²) in [6.45, 7) is 5.10. The van der Waals surface area contributed by atoms with E-state index in [1.54, 1.807) is 37.3 Å². The molecule has 196 valence electrons.